The fourth-order valence-electron chi connectivity index (χ4n) is 4.18. The van der Waals surface area contributed by atoms with E-state index < -0.39 is 17.7 Å². The van der Waals surface area contributed by atoms with Crippen LogP contribution >= 0.6 is 27.3 Å². The van der Waals surface area contributed by atoms with Crippen LogP contribution in [0.3, 0.4) is 0 Å². The molecule has 1 aromatic heterocycles. The van der Waals surface area contributed by atoms with Crippen molar-refractivity contribution in [2.45, 2.75) is 13.0 Å². The zero-order valence-electron chi connectivity index (χ0n) is 19.4. The fraction of sp³-hybridized carbons (Fsp3) is 0.148. The first-order chi connectivity index (χ1) is 17.4. The van der Waals surface area contributed by atoms with E-state index in [0.717, 1.165) is 9.17 Å². The maximum absolute atomic E-state index is 13.4. The molecule has 7 nitrogen and oxygen atoms in total. The normalized spacial score (nSPS) is 17.1. The second kappa shape index (κ2) is 9.75. The van der Waals surface area contributed by atoms with Crippen LogP contribution in [0, 0.1) is 0 Å². The van der Waals surface area contributed by atoms with E-state index in [4.69, 9.17) is 9.47 Å². The van der Waals surface area contributed by atoms with E-state index in [9.17, 15) is 14.7 Å². The average molecular weight is 565 g/mol. The molecule has 36 heavy (non-hydrogen) atoms. The van der Waals surface area contributed by atoms with E-state index in [2.05, 4.69) is 20.9 Å². The molecule has 0 saturated carbocycles. The Labute approximate surface area is 219 Å². The molecule has 1 aliphatic heterocycles. The number of carbonyl (C=O) groups is 2. The van der Waals surface area contributed by atoms with E-state index in [1.54, 1.807) is 43.5 Å². The van der Waals surface area contributed by atoms with Gasteiger partial charge < -0.3 is 14.6 Å². The topological polar surface area (TPSA) is 89.0 Å². The number of Topliss-reactive ketones (excluding diaryl/α,β-unsaturated/α-hetero) is 1. The van der Waals surface area contributed by atoms with Crippen molar-refractivity contribution >= 4 is 60.1 Å². The Bertz CT molecular complexity index is 1510. The van der Waals surface area contributed by atoms with Crippen LogP contribution in [0.2, 0.25) is 0 Å². The van der Waals surface area contributed by atoms with E-state index in [0.29, 0.717) is 39.9 Å². The Morgan fingerprint density at radius 3 is 2.53 bits per heavy atom. The molecule has 1 N–H and O–H groups in total. The molecule has 0 spiro atoms. The number of hydrogen-bond acceptors (Lipinski definition) is 7. The van der Waals surface area contributed by atoms with Gasteiger partial charge in [-0.1, -0.05) is 39.4 Å². The minimum absolute atomic E-state index is 0.000837. The first-order valence-corrected chi connectivity index (χ1v) is 12.8. The summed E-state index contributed by atoms with van der Waals surface area (Å²) in [5.41, 5.74) is 1.75. The van der Waals surface area contributed by atoms with Crippen molar-refractivity contribution < 1.29 is 24.2 Å². The van der Waals surface area contributed by atoms with Crippen LogP contribution in [0.5, 0.6) is 11.5 Å². The molecule has 1 fully saturated rings. The van der Waals surface area contributed by atoms with Crippen molar-refractivity contribution in [2.75, 3.05) is 18.6 Å². The summed E-state index contributed by atoms with van der Waals surface area (Å²) < 4.78 is 12.4. The van der Waals surface area contributed by atoms with E-state index in [-0.39, 0.29) is 11.3 Å². The molecule has 1 atom stereocenters. The van der Waals surface area contributed by atoms with Gasteiger partial charge in [-0.15, -0.1) is 0 Å². The Kier molecular flexibility index (Phi) is 6.51. The van der Waals surface area contributed by atoms with Crippen molar-refractivity contribution in [3.63, 3.8) is 0 Å². The molecule has 0 radical (unpaired) electrons. The number of aromatic nitrogens is 1. The van der Waals surface area contributed by atoms with Crippen LogP contribution < -0.4 is 14.4 Å². The van der Waals surface area contributed by atoms with Crippen molar-refractivity contribution in [2.24, 2.45) is 0 Å². The molecule has 0 bridgehead atoms. The molecule has 1 aliphatic rings. The number of aliphatic hydroxyl groups is 1. The van der Waals surface area contributed by atoms with E-state index in [1.165, 1.54) is 16.2 Å². The van der Waals surface area contributed by atoms with Crippen molar-refractivity contribution in [1.82, 2.24) is 4.98 Å². The number of amides is 1. The summed E-state index contributed by atoms with van der Waals surface area (Å²) in [6.45, 7) is 2.39. The van der Waals surface area contributed by atoms with Crippen molar-refractivity contribution in [3.8, 4) is 11.5 Å². The number of hydrogen-bond donors (Lipinski definition) is 1. The third kappa shape index (κ3) is 4.25. The first kappa shape index (κ1) is 24.0. The number of ketones is 1. The minimum atomic E-state index is -0.864. The van der Waals surface area contributed by atoms with Gasteiger partial charge in [0.05, 0.1) is 35.5 Å². The summed E-state index contributed by atoms with van der Waals surface area (Å²) in [5.74, 6) is -0.477. The highest BCUT2D eigenvalue weighted by Gasteiger charge is 2.48. The SMILES string of the molecule is CCOc1ccc(C(O)=C2C(=O)C(=O)N(c3nc4ccc(OC)cc4s3)C2c2cccc(Br)c2)cc1. The quantitative estimate of drug-likeness (QED) is 0.173. The molecule has 5 rings (SSSR count). The maximum Gasteiger partial charge on any atom is 0.301 e. The zero-order chi connectivity index (χ0) is 25.4. The molecule has 2 heterocycles. The van der Waals surface area contributed by atoms with Gasteiger partial charge in [0.2, 0.25) is 0 Å². The van der Waals surface area contributed by atoms with Crippen LogP contribution in [0.4, 0.5) is 5.13 Å². The lowest BCUT2D eigenvalue weighted by atomic mass is 9.95. The molecule has 1 unspecified atom stereocenters. The molecule has 1 saturated heterocycles. The monoisotopic (exact) mass is 564 g/mol. The molecule has 3 aromatic carbocycles. The standard InChI is InChI=1S/C27H21BrN2O5S/c1-3-35-18-9-7-15(8-10-18)24(31)22-23(16-5-4-6-17(28)13-16)30(26(33)25(22)32)27-29-20-12-11-19(34-2)14-21(20)36-27/h4-14,23,31H,3H2,1-2H3. The zero-order valence-corrected chi connectivity index (χ0v) is 21.8. The van der Waals surface area contributed by atoms with Gasteiger partial charge in [-0.25, -0.2) is 4.98 Å². The number of aliphatic hydroxyl groups excluding tert-OH is 1. The van der Waals surface area contributed by atoms with Gasteiger partial charge in [-0.05, 0) is 67.1 Å². The first-order valence-electron chi connectivity index (χ1n) is 11.2. The predicted octanol–water partition coefficient (Wildman–Crippen LogP) is 6.09. The lowest BCUT2D eigenvalue weighted by Crippen LogP contribution is -2.29. The summed E-state index contributed by atoms with van der Waals surface area (Å²) in [6, 6.07) is 18.6. The van der Waals surface area contributed by atoms with Crippen molar-refractivity contribution in [3.05, 3.63) is 87.9 Å². The molecule has 182 valence electrons. The summed E-state index contributed by atoms with van der Waals surface area (Å²) in [5, 5.41) is 11.7. The van der Waals surface area contributed by atoms with Crippen molar-refractivity contribution in [1.29, 1.82) is 0 Å². The minimum Gasteiger partial charge on any atom is -0.507 e. The number of halogens is 1. The lowest BCUT2D eigenvalue weighted by molar-refractivity contribution is -0.132. The van der Waals surface area contributed by atoms with E-state index >= 15 is 0 Å². The number of carbonyl (C=O) groups excluding carboxylic acids is 2. The second-order valence-electron chi connectivity index (χ2n) is 8.01. The molecular weight excluding hydrogens is 544 g/mol. The Morgan fingerprint density at radius 2 is 1.83 bits per heavy atom. The Hall–Kier alpha value is -3.69. The number of fused-ring (bicyclic) bond motifs is 1. The molecule has 0 aliphatic carbocycles. The number of anilines is 1. The van der Waals surface area contributed by atoms with Crippen LogP contribution in [0.25, 0.3) is 16.0 Å². The average Bonchev–Trinajstić information content (AvgIpc) is 3.42. The number of ether oxygens (including phenoxy) is 2. The van der Waals surface area contributed by atoms with Gasteiger partial charge in [0.15, 0.2) is 5.13 Å². The van der Waals surface area contributed by atoms with Gasteiger partial charge in [0.1, 0.15) is 17.3 Å². The molecule has 1 amide bonds. The van der Waals surface area contributed by atoms with Gasteiger partial charge in [0.25, 0.3) is 5.78 Å². The largest absolute Gasteiger partial charge is 0.507 e. The smallest absolute Gasteiger partial charge is 0.301 e. The highest BCUT2D eigenvalue weighted by atomic mass is 79.9. The third-order valence-corrected chi connectivity index (χ3v) is 7.35. The van der Waals surface area contributed by atoms with Crippen LogP contribution in [0.15, 0.2) is 76.8 Å². The summed E-state index contributed by atoms with van der Waals surface area (Å²) in [6.07, 6.45) is 0. The predicted molar refractivity (Wildman–Crippen MR) is 143 cm³/mol. The fourth-order valence-corrected chi connectivity index (χ4v) is 5.61. The Morgan fingerprint density at radius 1 is 1.08 bits per heavy atom. The lowest BCUT2D eigenvalue weighted by Gasteiger charge is -2.23. The number of nitrogens with zero attached hydrogens (tertiary/aromatic N) is 2. The van der Waals surface area contributed by atoms with Gasteiger partial charge in [-0.3, -0.25) is 14.5 Å². The second-order valence-corrected chi connectivity index (χ2v) is 9.94. The number of rotatable bonds is 6. The van der Waals surface area contributed by atoms with Gasteiger partial charge in [-0.2, -0.15) is 0 Å². The van der Waals surface area contributed by atoms with Crippen LogP contribution in [-0.2, 0) is 9.59 Å². The highest BCUT2D eigenvalue weighted by molar-refractivity contribution is 9.10. The number of methoxy groups -OCH3 is 1. The van der Waals surface area contributed by atoms with Crippen LogP contribution in [0.1, 0.15) is 24.1 Å². The molecule has 4 aromatic rings. The molecule has 9 heteroatoms. The highest BCUT2D eigenvalue weighted by Crippen LogP contribution is 2.45. The van der Waals surface area contributed by atoms with Gasteiger partial charge >= 0.3 is 5.91 Å². The maximum atomic E-state index is 13.4. The number of thiazole rings is 1. The third-order valence-electron chi connectivity index (χ3n) is 5.84. The van der Waals surface area contributed by atoms with Gasteiger partial charge in [0, 0.05) is 10.0 Å². The molecular formula is C27H21BrN2O5S. The summed E-state index contributed by atoms with van der Waals surface area (Å²) in [7, 11) is 1.58. The summed E-state index contributed by atoms with van der Waals surface area (Å²) >= 11 is 4.76. The van der Waals surface area contributed by atoms with E-state index in [1.807, 2.05) is 37.3 Å². The van der Waals surface area contributed by atoms with Crippen LogP contribution in [-0.4, -0.2) is 35.5 Å². The Balaban J connectivity index is 1.68. The summed E-state index contributed by atoms with van der Waals surface area (Å²) in [4.78, 5) is 32.8. The number of benzene rings is 3.